The summed E-state index contributed by atoms with van der Waals surface area (Å²) in [4.78, 5) is 23.3. The fraction of sp³-hybridized carbons (Fsp3) is 0.0588. The average molecular weight is 316 g/mol. The van der Waals surface area contributed by atoms with E-state index in [-0.39, 0.29) is 5.78 Å². The van der Waals surface area contributed by atoms with E-state index in [0.29, 0.717) is 21.8 Å². The summed E-state index contributed by atoms with van der Waals surface area (Å²) in [6.45, 7) is 0. The van der Waals surface area contributed by atoms with Crippen LogP contribution in [0.5, 0.6) is 0 Å². The molecule has 0 spiro atoms. The molecule has 0 heterocycles. The van der Waals surface area contributed by atoms with Crippen molar-refractivity contribution in [2.75, 3.05) is 12.4 Å². The van der Waals surface area contributed by atoms with Gasteiger partial charge in [0.05, 0.1) is 12.1 Å². The zero-order chi connectivity index (χ0) is 15.9. The van der Waals surface area contributed by atoms with Gasteiger partial charge in [0.1, 0.15) is 0 Å². The Hall–Kier alpha value is -2.59. The van der Waals surface area contributed by atoms with Crippen molar-refractivity contribution in [2.24, 2.45) is 0 Å². The zero-order valence-electron chi connectivity index (χ0n) is 11.9. The molecule has 1 N–H and O–H groups in total. The van der Waals surface area contributed by atoms with Crippen LogP contribution >= 0.6 is 11.6 Å². The second-order valence-electron chi connectivity index (χ2n) is 4.39. The van der Waals surface area contributed by atoms with Crippen molar-refractivity contribution in [2.45, 2.75) is 0 Å². The Morgan fingerprint density at radius 3 is 2.50 bits per heavy atom. The van der Waals surface area contributed by atoms with E-state index in [1.54, 1.807) is 42.5 Å². The molecule has 112 valence electrons. The molecule has 0 amide bonds. The van der Waals surface area contributed by atoms with Crippen LogP contribution < -0.4 is 5.32 Å². The molecule has 0 aliphatic heterocycles. The highest BCUT2D eigenvalue weighted by molar-refractivity contribution is 6.35. The first-order valence-corrected chi connectivity index (χ1v) is 6.90. The maximum Gasteiger partial charge on any atom is 0.331 e. The van der Waals surface area contributed by atoms with Gasteiger partial charge in [0, 0.05) is 29.1 Å². The quantitative estimate of drug-likeness (QED) is 0.519. The van der Waals surface area contributed by atoms with Crippen molar-refractivity contribution < 1.29 is 14.3 Å². The van der Waals surface area contributed by atoms with E-state index in [1.165, 1.54) is 19.4 Å². The number of halogens is 1. The largest absolute Gasteiger partial charge is 0.466 e. The summed E-state index contributed by atoms with van der Waals surface area (Å²) in [5.41, 5.74) is 1.67. The van der Waals surface area contributed by atoms with Gasteiger partial charge in [0.25, 0.3) is 0 Å². The molecule has 0 fully saturated rings. The van der Waals surface area contributed by atoms with E-state index in [1.807, 2.05) is 6.07 Å². The van der Waals surface area contributed by atoms with Gasteiger partial charge in [-0.1, -0.05) is 41.9 Å². The maximum atomic E-state index is 12.3. The summed E-state index contributed by atoms with van der Waals surface area (Å²) < 4.78 is 4.47. The summed E-state index contributed by atoms with van der Waals surface area (Å²) in [6.07, 6.45) is 2.69. The SMILES string of the molecule is COC(=O)/C=C/Nc1ccc(C(=O)c2ccccc2)c(Cl)c1. The highest BCUT2D eigenvalue weighted by Gasteiger charge is 2.12. The molecule has 0 aromatic heterocycles. The van der Waals surface area contributed by atoms with E-state index in [4.69, 9.17) is 11.6 Å². The fourth-order valence-corrected chi connectivity index (χ4v) is 2.07. The Bertz CT molecular complexity index is 711. The predicted octanol–water partition coefficient (Wildman–Crippen LogP) is 3.67. The van der Waals surface area contributed by atoms with E-state index >= 15 is 0 Å². The predicted molar refractivity (Wildman–Crippen MR) is 86.1 cm³/mol. The normalized spacial score (nSPS) is 10.5. The molecule has 0 atom stereocenters. The third kappa shape index (κ3) is 3.96. The lowest BCUT2D eigenvalue weighted by atomic mass is 10.0. The second-order valence-corrected chi connectivity index (χ2v) is 4.80. The number of carbonyl (C=O) groups excluding carboxylic acids is 2. The second kappa shape index (κ2) is 7.43. The molecule has 5 heteroatoms. The third-order valence-corrected chi connectivity index (χ3v) is 3.23. The molecule has 0 radical (unpaired) electrons. The number of nitrogens with one attached hydrogen (secondary N) is 1. The minimum Gasteiger partial charge on any atom is -0.466 e. The minimum absolute atomic E-state index is 0.137. The number of anilines is 1. The Labute approximate surface area is 133 Å². The summed E-state index contributed by atoms with van der Waals surface area (Å²) in [7, 11) is 1.30. The Kier molecular flexibility index (Phi) is 5.33. The lowest BCUT2D eigenvalue weighted by Gasteiger charge is -2.06. The molecule has 2 aromatic rings. The van der Waals surface area contributed by atoms with Crippen molar-refractivity contribution in [3.63, 3.8) is 0 Å². The van der Waals surface area contributed by atoms with Crippen LogP contribution in [0.4, 0.5) is 5.69 Å². The standard InChI is InChI=1S/C17H14ClNO3/c1-22-16(20)9-10-19-13-7-8-14(15(18)11-13)17(21)12-5-3-2-4-6-12/h2-11,19H,1H3/b10-9+. The molecule has 0 saturated heterocycles. The molecule has 0 bridgehead atoms. The Morgan fingerprint density at radius 1 is 1.14 bits per heavy atom. The van der Waals surface area contributed by atoms with Crippen molar-refractivity contribution in [3.8, 4) is 0 Å². The number of esters is 1. The van der Waals surface area contributed by atoms with Gasteiger partial charge in [-0.15, -0.1) is 0 Å². The van der Waals surface area contributed by atoms with Gasteiger partial charge in [-0.3, -0.25) is 4.79 Å². The van der Waals surface area contributed by atoms with Gasteiger partial charge in [-0.2, -0.15) is 0 Å². The van der Waals surface area contributed by atoms with Crippen molar-refractivity contribution >= 4 is 29.0 Å². The number of carbonyl (C=O) groups is 2. The van der Waals surface area contributed by atoms with Gasteiger partial charge in [-0.05, 0) is 18.2 Å². The number of methoxy groups -OCH3 is 1. The van der Waals surface area contributed by atoms with Gasteiger partial charge in [0.15, 0.2) is 5.78 Å². The molecule has 2 rings (SSSR count). The van der Waals surface area contributed by atoms with Crippen LogP contribution in [0.15, 0.2) is 60.8 Å². The lowest BCUT2D eigenvalue weighted by Crippen LogP contribution is -2.02. The van der Waals surface area contributed by atoms with E-state index in [2.05, 4.69) is 10.1 Å². The van der Waals surface area contributed by atoms with Crippen LogP contribution in [0.2, 0.25) is 5.02 Å². The number of ketones is 1. The van der Waals surface area contributed by atoms with E-state index < -0.39 is 5.97 Å². The van der Waals surface area contributed by atoms with Crippen LogP contribution in [-0.2, 0) is 9.53 Å². The third-order valence-electron chi connectivity index (χ3n) is 2.92. The molecule has 22 heavy (non-hydrogen) atoms. The first-order valence-electron chi connectivity index (χ1n) is 6.52. The first-order chi connectivity index (χ1) is 10.6. The topological polar surface area (TPSA) is 55.4 Å². The number of hydrogen-bond donors (Lipinski definition) is 1. The molecule has 0 aliphatic rings. The van der Waals surface area contributed by atoms with Crippen LogP contribution in [0, 0.1) is 0 Å². The van der Waals surface area contributed by atoms with Crippen molar-refractivity contribution in [3.05, 3.63) is 77.0 Å². The molecule has 2 aromatic carbocycles. The van der Waals surface area contributed by atoms with Gasteiger partial charge >= 0.3 is 5.97 Å². The molecular formula is C17H14ClNO3. The monoisotopic (exact) mass is 315 g/mol. The van der Waals surface area contributed by atoms with Crippen LogP contribution in [0.25, 0.3) is 0 Å². The average Bonchev–Trinajstić information content (AvgIpc) is 2.55. The number of benzene rings is 2. The van der Waals surface area contributed by atoms with Crippen molar-refractivity contribution in [1.82, 2.24) is 0 Å². The minimum atomic E-state index is -0.463. The zero-order valence-corrected chi connectivity index (χ0v) is 12.6. The summed E-state index contributed by atoms with van der Waals surface area (Å²) in [5.74, 6) is -0.600. The fourth-order valence-electron chi connectivity index (χ4n) is 1.81. The first kappa shape index (κ1) is 15.8. The van der Waals surface area contributed by atoms with Crippen LogP contribution in [-0.4, -0.2) is 18.9 Å². The molecule has 4 nitrogen and oxygen atoms in total. The molecule has 0 unspecified atom stereocenters. The smallest absolute Gasteiger partial charge is 0.331 e. The number of ether oxygens (including phenoxy) is 1. The van der Waals surface area contributed by atoms with Crippen molar-refractivity contribution in [1.29, 1.82) is 0 Å². The molecular weight excluding hydrogens is 302 g/mol. The highest BCUT2D eigenvalue weighted by atomic mass is 35.5. The highest BCUT2D eigenvalue weighted by Crippen LogP contribution is 2.23. The van der Waals surface area contributed by atoms with E-state index in [9.17, 15) is 9.59 Å². The van der Waals surface area contributed by atoms with Gasteiger partial charge in [0.2, 0.25) is 0 Å². The van der Waals surface area contributed by atoms with E-state index in [0.717, 1.165) is 0 Å². The molecule has 0 saturated carbocycles. The van der Waals surface area contributed by atoms with Crippen LogP contribution in [0.1, 0.15) is 15.9 Å². The van der Waals surface area contributed by atoms with Gasteiger partial charge < -0.3 is 10.1 Å². The molecule has 0 aliphatic carbocycles. The summed E-state index contributed by atoms with van der Waals surface area (Å²) >= 11 is 6.17. The van der Waals surface area contributed by atoms with Crippen LogP contribution in [0.3, 0.4) is 0 Å². The Morgan fingerprint density at radius 2 is 1.86 bits per heavy atom. The summed E-state index contributed by atoms with van der Waals surface area (Å²) in [5, 5.41) is 3.22. The lowest BCUT2D eigenvalue weighted by molar-refractivity contribution is -0.134. The number of hydrogen-bond acceptors (Lipinski definition) is 4. The maximum absolute atomic E-state index is 12.3. The number of rotatable bonds is 5. The summed E-state index contributed by atoms with van der Waals surface area (Å²) in [6, 6.07) is 13.9. The van der Waals surface area contributed by atoms with Gasteiger partial charge in [-0.25, -0.2) is 4.79 Å². The Balaban J connectivity index is 2.15.